The van der Waals surface area contributed by atoms with E-state index in [1.54, 1.807) is 0 Å². The van der Waals surface area contributed by atoms with Gasteiger partial charge in [0.2, 0.25) is 0 Å². The Labute approximate surface area is 76.0 Å². The van der Waals surface area contributed by atoms with Crippen LogP contribution in [-0.2, 0) is 4.65 Å². The molecule has 0 atom stereocenters. The lowest BCUT2D eigenvalue weighted by Gasteiger charge is -2.34. The highest BCUT2D eigenvalue weighted by Gasteiger charge is 2.53. The van der Waals surface area contributed by atoms with Crippen molar-refractivity contribution in [3.63, 3.8) is 0 Å². The van der Waals surface area contributed by atoms with Crippen molar-refractivity contribution in [1.29, 1.82) is 0 Å². The van der Waals surface area contributed by atoms with Crippen LogP contribution in [0, 0.1) is 5.41 Å². The fourth-order valence-corrected chi connectivity index (χ4v) is 2.06. The van der Waals surface area contributed by atoms with Crippen molar-refractivity contribution in [2.45, 2.75) is 58.3 Å². The molecule has 1 heterocycles. The van der Waals surface area contributed by atoms with Crippen LogP contribution in [0.5, 0.6) is 0 Å². The summed E-state index contributed by atoms with van der Waals surface area (Å²) in [4.78, 5) is 0. The molecule has 0 amide bonds. The van der Waals surface area contributed by atoms with Gasteiger partial charge in [0.1, 0.15) is 0 Å². The standard InChI is InChI=1S/C10H19BO/c1-9(2)7-11(8-5-6-8)12-10(9,3)4/h8H,5-7H2,1-4H3. The van der Waals surface area contributed by atoms with Gasteiger partial charge in [-0.15, -0.1) is 0 Å². The fourth-order valence-electron chi connectivity index (χ4n) is 2.06. The van der Waals surface area contributed by atoms with Gasteiger partial charge in [-0.25, -0.2) is 0 Å². The Kier molecular flexibility index (Phi) is 1.64. The van der Waals surface area contributed by atoms with Crippen molar-refractivity contribution < 1.29 is 4.65 Å². The van der Waals surface area contributed by atoms with Crippen LogP contribution >= 0.6 is 0 Å². The Morgan fingerprint density at radius 3 is 2.08 bits per heavy atom. The van der Waals surface area contributed by atoms with Crippen molar-refractivity contribution >= 4 is 6.92 Å². The molecule has 12 heavy (non-hydrogen) atoms. The predicted molar refractivity (Wildman–Crippen MR) is 52.5 cm³/mol. The van der Waals surface area contributed by atoms with Crippen molar-refractivity contribution in [1.82, 2.24) is 0 Å². The Morgan fingerprint density at radius 2 is 1.75 bits per heavy atom. The maximum Gasteiger partial charge on any atom is 0.297 e. The average Bonchev–Trinajstić information content (AvgIpc) is 2.60. The lowest BCUT2D eigenvalue weighted by molar-refractivity contribution is 0.0359. The molecular weight excluding hydrogens is 147 g/mol. The van der Waals surface area contributed by atoms with Crippen molar-refractivity contribution in [2.75, 3.05) is 0 Å². The molecule has 1 aliphatic heterocycles. The molecule has 0 N–H and O–H groups in total. The molecule has 1 nitrogen and oxygen atoms in total. The third-order valence-electron chi connectivity index (χ3n) is 3.94. The first-order chi connectivity index (χ1) is 5.42. The predicted octanol–water partition coefficient (Wildman–Crippen LogP) is 2.98. The fraction of sp³-hybridized carbons (Fsp3) is 1.00. The minimum absolute atomic E-state index is 0.0836. The summed E-state index contributed by atoms with van der Waals surface area (Å²) in [6, 6.07) is 0. The highest BCUT2D eigenvalue weighted by molar-refractivity contribution is 6.55. The van der Waals surface area contributed by atoms with E-state index < -0.39 is 0 Å². The molecule has 0 aromatic carbocycles. The van der Waals surface area contributed by atoms with E-state index in [0.717, 1.165) is 5.82 Å². The van der Waals surface area contributed by atoms with Gasteiger partial charge >= 0.3 is 0 Å². The quantitative estimate of drug-likeness (QED) is 0.544. The summed E-state index contributed by atoms with van der Waals surface area (Å²) < 4.78 is 6.09. The molecule has 0 radical (unpaired) electrons. The third-order valence-corrected chi connectivity index (χ3v) is 3.94. The normalized spacial score (nSPS) is 32.5. The second-order valence-electron chi connectivity index (χ2n) is 5.59. The molecule has 0 bridgehead atoms. The SMILES string of the molecule is CC1(C)CB(C2CC2)OC1(C)C. The minimum Gasteiger partial charge on any atom is -0.430 e. The minimum atomic E-state index is 0.0836. The van der Waals surface area contributed by atoms with Gasteiger partial charge in [0.05, 0.1) is 5.60 Å². The zero-order valence-electron chi connectivity index (χ0n) is 8.68. The van der Waals surface area contributed by atoms with Crippen LogP contribution in [0.1, 0.15) is 40.5 Å². The van der Waals surface area contributed by atoms with Crippen LogP contribution in [0.2, 0.25) is 12.1 Å². The molecule has 2 heteroatoms. The van der Waals surface area contributed by atoms with E-state index in [9.17, 15) is 0 Å². The van der Waals surface area contributed by atoms with Gasteiger partial charge < -0.3 is 4.65 Å². The zero-order chi connectivity index (χ0) is 8.98. The summed E-state index contributed by atoms with van der Waals surface area (Å²) in [7, 11) is 0. The van der Waals surface area contributed by atoms with Crippen LogP contribution in [0.25, 0.3) is 0 Å². The molecule has 0 unspecified atom stereocenters. The molecule has 2 rings (SSSR count). The average molecular weight is 166 g/mol. The summed E-state index contributed by atoms with van der Waals surface area (Å²) in [5.41, 5.74) is 0.445. The monoisotopic (exact) mass is 166 g/mol. The van der Waals surface area contributed by atoms with E-state index in [2.05, 4.69) is 27.7 Å². The maximum atomic E-state index is 6.09. The molecule has 68 valence electrons. The first-order valence-corrected chi connectivity index (χ1v) is 5.10. The Bertz CT molecular complexity index is 178. The lowest BCUT2D eigenvalue weighted by Crippen LogP contribution is -2.34. The first-order valence-electron chi connectivity index (χ1n) is 5.10. The Hall–Kier alpha value is 0.0249. The highest BCUT2D eigenvalue weighted by Crippen LogP contribution is 2.53. The number of hydrogen-bond acceptors (Lipinski definition) is 1. The third kappa shape index (κ3) is 1.21. The summed E-state index contributed by atoms with van der Waals surface area (Å²) in [5.74, 6) is 0.894. The first kappa shape index (κ1) is 8.62. The van der Waals surface area contributed by atoms with Gasteiger partial charge in [0.25, 0.3) is 6.92 Å². The summed E-state index contributed by atoms with van der Waals surface area (Å²) >= 11 is 0. The second-order valence-corrected chi connectivity index (χ2v) is 5.59. The van der Waals surface area contributed by atoms with Crippen LogP contribution in [0.3, 0.4) is 0 Å². The van der Waals surface area contributed by atoms with Gasteiger partial charge in [-0.05, 0) is 31.4 Å². The highest BCUT2D eigenvalue weighted by atomic mass is 16.5. The molecule has 0 aromatic heterocycles. The summed E-state index contributed by atoms with van der Waals surface area (Å²) in [5, 5.41) is 0. The molecular formula is C10H19BO. The van der Waals surface area contributed by atoms with E-state index >= 15 is 0 Å². The van der Waals surface area contributed by atoms with Crippen molar-refractivity contribution in [2.24, 2.45) is 5.41 Å². The molecule has 0 aromatic rings. The van der Waals surface area contributed by atoms with E-state index in [1.165, 1.54) is 19.2 Å². The van der Waals surface area contributed by atoms with Gasteiger partial charge in [0, 0.05) is 0 Å². The lowest BCUT2D eigenvalue weighted by atomic mass is 9.55. The van der Waals surface area contributed by atoms with Crippen molar-refractivity contribution in [3.8, 4) is 0 Å². The van der Waals surface area contributed by atoms with Crippen LogP contribution in [0.15, 0.2) is 0 Å². The Morgan fingerprint density at radius 1 is 1.17 bits per heavy atom. The van der Waals surface area contributed by atoms with E-state index in [-0.39, 0.29) is 5.60 Å². The van der Waals surface area contributed by atoms with Crippen LogP contribution in [0.4, 0.5) is 0 Å². The van der Waals surface area contributed by atoms with Crippen molar-refractivity contribution in [3.05, 3.63) is 0 Å². The Balaban J connectivity index is 2.10. The molecule has 1 saturated carbocycles. The summed E-state index contributed by atoms with van der Waals surface area (Å²) in [6.07, 6.45) is 4.05. The molecule has 2 fully saturated rings. The zero-order valence-corrected chi connectivity index (χ0v) is 8.68. The van der Waals surface area contributed by atoms with Crippen LogP contribution in [-0.4, -0.2) is 12.5 Å². The number of rotatable bonds is 1. The number of hydrogen-bond donors (Lipinski definition) is 0. The van der Waals surface area contributed by atoms with Gasteiger partial charge in [0.15, 0.2) is 0 Å². The van der Waals surface area contributed by atoms with E-state index in [0.29, 0.717) is 12.3 Å². The van der Waals surface area contributed by atoms with E-state index in [1.807, 2.05) is 0 Å². The topological polar surface area (TPSA) is 9.23 Å². The molecule has 2 aliphatic rings. The summed E-state index contributed by atoms with van der Waals surface area (Å²) in [6.45, 7) is 9.69. The van der Waals surface area contributed by atoms with E-state index in [4.69, 9.17) is 4.65 Å². The molecule has 1 aliphatic carbocycles. The molecule has 0 spiro atoms. The van der Waals surface area contributed by atoms with Gasteiger partial charge in [-0.2, -0.15) is 0 Å². The maximum absolute atomic E-state index is 6.09. The molecule has 1 saturated heterocycles. The van der Waals surface area contributed by atoms with Gasteiger partial charge in [-0.3, -0.25) is 0 Å². The second kappa shape index (κ2) is 2.28. The van der Waals surface area contributed by atoms with Crippen LogP contribution < -0.4 is 0 Å². The van der Waals surface area contributed by atoms with Gasteiger partial charge in [-0.1, -0.05) is 26.7 Å². The smallest absolute Gasteiger partial charge is 0.297 e. The largest absolute Gasteiger partial charge is 0.430 e.